The van der Waals surface area contributed by atoms with Gasteiger partial charge in [-0.15, -0.1) is 0 Å². The van der Waals surface area contributed by atoms with Crippen LogP contribution in [0.4, 0.5) is 0 Å². The van der Waals surface area contributed by atoms with Gasteiger partial charge in [0.25, 0.3) is 0 Å². The van der Waals surface area contributed by atoms with Crippen LogP contribution in [0.25, 0.3) is 0 Å². The number of hydrogen-bond acceptors (Lipinski definition) is 2. The molecule has 3 heteroatoms. The number of benzene rings is 1. The van der Waals surface area contributed by atoms with Gasteiger partial charge in [-0.3, -0.25) is 0 Å². The first-order valence-corrected chi connectivity index (χ1v) is 7.65. The average molecular weight is 302 g/mol. The van der Waals surface area contributed by atoms with E-state index in [4.69, 9.17) is 5.73 Å². The topological polar surface area (TPSA) is 26.0 Å². The SMILES string of the molecule is CCCSC(c1ccc(Br)cc1)C(N)CC. The third-order valence-electron chi connectivity index (χ3n) is 2.56. The Labute approximate surface area is 111 Å². The van der Waals surface area contributed by atoms with Crippen LogP contribution in [-0.2, 0) is 0 Å². The van der Waals surface area contributed by atoms with Crippen LogP contribution in [0, 0.1) is 0 Å². The predicted molar refractivity (Wildman–Crippen MR) is 77.9 cm³/mol. The summed E-state index contributed by atoms with van der Waals surface area (Å²) in [5, 5.41) is 0.429. The smallest absolute Gasteiger partial charge is 0.0448 e. The van der Waals surface area contributed by atoms with Crippen molar-refractivity contribution in [3.8, 4) is 0 Å². The Bertz CT molecular complexity index is 299. The van der Waals surface area contributed by atoms with Crippen LogP contribution in [0.15, 0.2) is 28.7 Å². The van der Waals surface area contributed by atoms with Gasteiger partial charge in [-0.25, -0.2) is 0 Å². The fraction of sp³-hybridized carbons (Fsp3) is 0.538. The molecule has 0 aliphatic carbocycles. The maximum atomic E-state index is 6.20. The van der Waals surface area contributed by atoms with Crippen molar-refractivity contribution in [2.75, 3.05) is 5.75 Å². The summed E-state index contributed by atoms with van der Waals surface area (Å²) in [6.45, 7) is 4.37. The van der Waals surface area contributed by atoms with Crippen molar-refractivity contribution in [1.82, 2.24) is 0 Å². The minimum atomic E-state index is 0.248. The fourth-order valence-corrected chi connectivity index (χ4v) is 3.12. The molecule has 0 saturated carbocycles. The van der Waals surface area contributed by atoms with Crippen molar-refractivity contribution in [3.05, 3.63) is 34.3 Å². The number of thioether (sulfide) groups is 1. The molecule has 0 saturated heterocycles. The van der Waals surface area contributed by atoms with Crippen molar-refractivity contribution in [2.24, 2.45) is 5.73 Å². The van der Waals surface area contributed by atoms with Crippen LogP contribution in [-0.4, -0.2) is 11.8 Å². The van der Waals surface area contributed by atoms with E-state index in [1.54, 1.807) is 0 Å². The van der Waals surface area contributed by atoms with Crippen LogP contribution < -0.4 is 5.73 Å². The number of rotatable bonds is 6. The molecule has 2 N–H and O–H groups in total. The van der Waals surface area contributed by atoms with E-state index in [0.29, 0.717) is 5.25 Å². The van der Waals surface area contributed by atoms with E-state index in [0.717, 1.165) is 10.9 Å². The Morgan fingerprint density at radius 1 is 1.25 bits per heavy atom. The largest absolute Gasteiger partial charge is 0.326 e. The summed E-state index contributed by atoms with van der Waals surface area (Å²) in [5.41, 5.74) is 7.54. The lowest BCUT2D eigenvalue weighted by atomic mass is 10.0. The predicted octanol–water partition coefficient (Wildman–Crippen LogP) is 4.37. The van der Waals surface area contributed by atoms with Gasteiger partial charge in [0.05, 0.1) is 0 Å². The number of hydrogen-bond donors (Lipinski definition) is 1. The van der Waals surface area contributed by atoms with Gasteiger partial charge in [-0.05, 0) is 36.3 Å². The second-order valence-electron chi connectivity index (χ2n) is 3.92. The molecule has 16 heavy (non-hydrogen) atoms. The van der Waals surface area contributed by atoms with Gasteiger partial charge in [-0.2, -0.15) is 11.8 Å². The fourth-order valence-electron chi connectivity index (χ4n) is 1.58. The maximum absolute atomic E-state index is 6.20. The van der Waals surface area contributed by atoms with Crippen LogP contribution >= 0.6 is 27.7 Å². The minimum absolute atomic E-state index is 0.248. The summed E-state index contributed by atoms with van der Waals surface area (Å²) in [4.78, 5) is 0. The molecule has 0 bridgehead atoms. The van der Waals surface area contributed by atoms with Crippen molar-refractivity contribution in [2.45, 2.75) is 38.0 Å². The highest BCUT2D eigenvalue weighted by atomic mass is 79.9. The zero-order valence-electron chi connectivity index (χ0n) is 9.95. The zero-order valence-corrected chi connectivity index (χ0v) is 12.4. The van der Waals surface area contributed by atoms with E-state index in [1.165, 1.54) is 17.7 Å². The monoisotopic (exact) mass is 301 g/mol. The lowest BCUT2D eigenvalue weighted by Crippen LogP contribution is -2.25. The van der Waals surface area contributed by atoms with Gasteiger partial charge in [0.15, 0.2) is 0 Å². The van der Waals surface area contributed by atoms with Gasteiger partial charge >= 0.3 is 0 Å². The summed E-state index contributed by atoms with van der Waals surface area (Å²) in [5.74, 6) is 1.18. The normalized spacial score (nSPS) is 14.8. The van der Waals surface area contributed by atoms with Crippen molar-refractivity contribution in [1.29, 1.82) is 0 Å². The highest BCUT2D eigenvalue weighted by Crippen LogP contribution is 2.33. The van der Waals surface area contributed by atoms with E-state index in [1.807, 2.05) is 11.8 Å². The van der Waals surface area contributed by atoms with Gasteiger partial charge in [0.1, 0.15) is 0 Å². The quantitative estimate of drug-likeness (QED) is 0.844. The molecule has 1 aromatic carbocycles. The van der Waals surface area contributed by atoms with E-state index >= 15 is 0 Å². The average Bonchev–Trinajstić information content (AvgIpc) is 2.31. The summed E-state index contributed by atoms with van der Waals surface area (Å²) in [7, 11) is 0. The van der Waals surface area contributed by atoms with E-state index < -0.39 is 0 Å². The Balaban J connectivity index is 2.78. The lowest BCUT2D eigenvalue weighted by molar-refractivity contribution is 0.634. The molecule has 2 unspecified atom stereocenters. The van der Waals surface area contributed by atoms with Crippen LogP contribution in [0.2, 0.25) is 0 Å². The van der Waals surface area contributed by atoms with Crippen molar-refractivity contribution < 1.29 is 0 Å². The zero-order chi connectivity index (χ0) is 12.0. The molecule has 2 atom stereocenters. The molecule has 0 heterocycles. The van der Waals surface area contributed by atoms with Crippen LogP contribution in [0.1, 0.15) is 37.5 Å². The first-order chi connectivity index (χ1) is 7.69. The van der Waals surface area contributed by atoms with Crippen LogP contribution in [0.3, 0.4) is 0 Å². The first kappa shape index (κ1) is 14.1. The molecule has 90 valence electrons. The minimum Gasteiger partial charge on any atom is -0.326 e. The van der Waals surface area contributed by atoms with E-state index in [-0.39, 0.29) is 6.04 Å². The molecule has 1 aromatic rings. The molecule has 0 aliphatic rings. The third-order valence-corrected chi connectivity index (χ3v) is 4.71. The molecule has 1 nitrogen and oxygen atoms in total. The summed E-state index contributed by atoms with van der Waals surface area (Å²) in [6.07, 6.45) is 2.23. The standard InChI is InChI=1S/C13H20BrNS/c1-3-9-16-13(12(15)4-2)10-5-7-11(14)8-6-10/h5-8,12-13H,3-4,9,15H2,1-2H3. The second-order valence-corrected chi connectivity index (χ2v) is 6.08. The second kappa shape index (κ2) is 7.36. The molecule has 0 aromatic heterocycles. The highest BCUT2D eigenvalue weighted by Gasteiger charge is 2.18. The molecule has 0 spiro atoms. The van der Waals surface area contributed by atoms with Crippen molar-refractivity contribution >= 4 is 27.7 Å². The molecule has 1 rings (SSSR count). The van der Waals surface area contributed by atoms with Crippen LogP contribution in [0.5, 0.6) is 0 Å². The lowest BCUT2D eigenvalue weighted by Gasteiger charge is -2.22. The summed E-state index contributed by atoms with van der Waals surface area (Å²) < 4.78 is 1.13. The molecular formula is C13H20BrNS. The first-order valence-electron chi connectivity index (χ1n) is 5.81. The van der Waals surface area contributed by atoms with Gasteiger partial charge < -0.3 is 5.73 Å². The molecule has 0 fully saturated rings. The third kappa shape index (κ3) is 4.11. The molecule has 0 amide bonds. The Hall–Kier alpha value is 0.01000. The molecular weight excluding hydrogens is 282 g/mol. The number of halogens is 1. The van der Waals surface area contributed by atoms with E-state index in [2.05, 4.69) is 54.0 Å². The van der Waals surface area contributed by atoms with Gasteiger partial charge in [-0.1, -0.05) is 41.9 Å². The Morgan fingerprint density at radius 2 is 1.88 bits per heavy atom. The Kier molecular flexibility index (Phi) is 6.47. The Morgan fingerprint density at radius 3 is 2.38 bits per heavy atom. The van der Waals surface area contributed by atoms with Gasteiger partial charge in [0, 0.05) is 15.8 Å². The maximum Gasteiger partial charge on any atom is 0.0448 e. The van der Waals surface area contributed by atoms with Crippen molar-refractivity contribution in [3.63, 3.8) is 0 Å². The van der Waals surface area contributed by atoms with Gasteiger partial charge in [0.2, 0.25) is 0 Å². The molecule has 0 radical (unpaired) electrons. The molecule has 0 aliphatic heterocycles. The van der Waals surface area contributed by atoms with E-state index in [9.17, 15) is 0 Å². The summed E-state index contributed by atoms with van der Waals surface area (Å²) in [6, 6.07) is 8.78. The summed E-state index contributed by atoms with van der Waals surface area (Å²) >= 11 is 5.44. The highest BCUT2D eigenvalue weighted by molar-refractivity contribution is 9.10. The number of nitrogens with two attached hydrogens (primary N) is 1.